The van der Waals surface area contributed by atoms with Gasteiger partial charge in [-0.3, -0.25) is 4.79 Å². The van der Waals surface area contributed by atoms with Crippen LogP contribution in [0.25, 0.3) is 6.08 Å². The summed E-state index contributed by atoms with van der Waals surface area (Å²) < 4.78 is 0. The molecule has 1 aliphatic rings. The quantitative estimate of drug-likeness (QED) is 0.649. The predicted octanol–water partition coefficient (Wildman–Crippen LogP) is 1.51. The summed E-state index contributed by atoms with van der Waals surface area (Å²) in [5.74, 6) is 0.476. The van der Waals surface area contributed by atoms with E-state index in [4.69, 9.17) is 4.84 Å². The molecule has 0 atom stereocenters. The molecule has 0 aromatic heterocycles. The Hall–Kier alpha value is -1.77. The van der Waals surface area contributed by atoms with Crippen LogP contribution in [-0.4, -0.2) is 5.91 Å². The molecule has 0 unspecified atom stereocenters. The van der Waals surface area contributed by atoms with Crippen molar-refractivity contribution >= 4 is 12.0 Å². The summed E-state index contributed by atoms with van der Waals surface area (Å²) in [6.45, 7) is 1.75. The maximum absolute atomic E-state index is 11.2. The summed E-state index contributed by atoms with van der Waals surface area (Å²) in [7, 11) is 0. The molecule has 3 heteroatoms. The smallest absolute Gasteiger partial charge is 0.279 e. The van der Waals surface area contributed by atoms with E-state index in [0.29, 0.717) is 11.3 Å². The molecule has 1 aromatic rings. The lowest BCUT2D eigenvalue weighted by atomic mass is 10.1. The van der Waals surface area contributed by atoms with Crippen molar-refractivity contribution in [2.75, 3.05) is 0 Å². The third kappa shape index (κ3) is 1.40. The molecular formula is C10H9NO2. The van der Waals surface area contributed by atoms with Crippen molar-refractivity contribution in [3.63, 3.8) is 0 Å². The largest absolute Gasteiger partial charge is 0.379 e. The van der Waals surface area contributed by atoms with Crippen molar-refractivity contribution in [1.29, 1.82) is 0 Å². The second kappa shape index (κ2) is 2.94. The van der Waals surface area contributed by atoms with E-state index in [0.717, 1.165) is 5.56 Å². The van der Waals surface area contributed by atoms with E-state index < -0.39 is 0 Å². The van der Waals surface area contributed by atoms with E-state index in [-0.39, 0.29) is 5.91 Å². The summed E-state index contributed by atoms with van der Waals surface area (Å²) in [5.41, 5.74) is 3.90. The van der Waals surface area contributed by atoms with Crippen molar-refractivity contribution in [3.05, 3.63) is 35.4 Å². The second-order valence-corrected chi connectivity index (χ2v) is 2.90. The van der Waals surface area contributed by atoms with E-state index >= 15 is 0 Å². The Morgan fingerprint density at radius 3 is 2.92 bits per heavy atom. The molecule has 0 fully saturated rings. The summed E-state index contributed by atoms with van der Waals surface area (Å²) in [6, 6.07) is 7.48. The number of rotatable bonds is 0. The molecule has 1 heterocycles. The maximum atomic E-state index is 11.2. The molecule has 1 N–H and O–H groups in total. The van der Waals surface area contributed by atoms with Crippen LogP contribution in [0.4, 0.5) is 0 Å². The van der Waals surface area contributed by atoms with Crippen LogP contribution in [0.3, 0.4) is 0 Å². The van der Waals surface area contributed by atoms with Crippen LogP contribution < -0.4 is 10.3 Å². The molecule has 0 saturated heterocycles. The highest BCUT2D eigenvalue weighted by Gasteiger charge is 2.11. The topological polar surface area (TPSA) is 38.3 Å². The average Bonchev–Trinajstić information content (AvgIpc) is 2.28. The number of nitrogens with one attached hydrogen (secondary N) is 1. The van der Waals surface area contributed by atoms with Gasteiger partial charge < -0.3 is 4.84 Å². The lowest BCUT2D eigenvalue weighted by Gasteiger charge is -2.04. The van der Waals surface area contributed by atoms with Crippen molar-refractivity contribution in [2.24, 2.45) is 0 Å². The monoisotopic (exact) mass is 175 g/mol. The normalized spacial score (nSPS) is 14.8. The number of benzene rings is 1. The minimum absolute atomic E-state index is 0.198. The number of fused-ring (bicyclic) bond motifs is 1. The Bertz CT molecular complexity index is 382. The lowest BCUT2D eigenvalue weighted by Crippen LogP contribution is -2.26. The van der Waals surface area contributed by atoms with Crippen molar-refractivity contribution < 1.29 is 9.63 Å². The number of hydroxylamine groups is 1. The van der Waals surface area contributed by atoms with Crippen LogP contribution in [0.15, 0.2) is 29.8 Å². The Balaban J connectivity index is 2.51. The SMILES string of the molecule is CC1=Cc2ccccc2ONC1=O. The highest BCUT2D eigenvalue weighted by atomic mass is 16.7. The first-order chi connectivity index (χ1) is 6.27. The van der Waals surface area contributed by atoms with Gasteiger partial charge in [0.25, 0.3) is 5.91 Å². The third-order valence-electron chi connectivity index (χ3n) is 1.90. The van der Waals surface area contributed by atoms with Gasteiger partial charge in [-0.05, 0) is 19.1 Å². The van der Waals surface area contributed by atoms with Crippen LogP contribution in [-0.2, 0) is 4.79 Å². The van der Waals surface area contributed by atoms with Crippen LogP contribution in [0.1, 0.15) is 12.5 Å². The van der Waals surface area contributed by atoms with Crippen LogP contribution >= 0.6 is 0 Å². The van der Waals surface area contributed by atoms with Crippen molar-refractivity contribution in [1.82, 2.24) is 5.48 Å². The van der Waals surface area contributed by atoms with Gasteiger partial charge in [0.2, 0.25) is 0 Å². The molecule has 1 amide bonds. The maximum Gasteiger partial charge on any atom is 0.279 e. The Morgan fingerprint density at radius 1 is 1.31 bits per heavy atom. The average molecular weight is 175 g/mol. The van der Waals surface area contributed by atoms with Crippen LogP contribution in [0, 0.1) is 0 Å². The molecule has 0 radical (unpaired) electrons. The minimum atomic E-state index is -0.198. The fourth-order valence-electron chi connectivity index (χ4n) is 1.17. The van der Waals surface area contributed by atoms with Gasteiger partial charge in [-0.1, -0.05) is 18.2 Å². The highest BCUT2D eigenvalue weighted by molar-refractivity contribution is 5.97. The van der Waals surface area contributed by atoms with Gasteiger partial charge in [-0.2, -0.15) is 5.48 Å². The molecule has 1 aliphatic heterocycles. The molecule has 2 rings (SSSR count). The summed E-state index contributed by atoms with van der Waals surface area (Å²) in [4.78, 5) is 16.3. The molecular weight excluding hydrogens is 166 g/mol. The zero-order valence-corrected chi connectivity index (χ0v) is 7.20. The zero-order valence-electron chi connectivity index (χ0n) is 7.20. The number of para-hydroxylation sites is 1. The molecule has 13 heavy (non-hydrogen) atoms. The molecule has 3 nitrogen and oxygen atoms in total. The van der Waals surface area contributed by atoms with E-state index in [1.807, 2.05) is 24.3 Å². The second-order valence-electron chi connectivity index (χ2n) is 2.90. The fourth-order valence-corrected chi connectivity index (χ4v) is 1.17. The van der Waals surface area contributed by atoms with E-state index in [1.165, 1.54) is 0 Å². The third-order valence-corrected chi connectivity index (χ3v) is 1.90. The Kier molecular flexibility index (Phi) is 1.77. The lowest BCUT2D eigenvalue weighted by molar-refractivity contribution is -0.123. The van der Waals surface area contributed by atoms with Gasteiger partial charge in [-0.25, -0.2) is 0 Å². The fraction of sp³-hybridized carbons (Fsp3) is 0.100. The first-order valence-corrected chi connectivity index (χ1v) is 4.02. The van der Waals surface area contributed by atoms with E-state index in [9.17, 15) is 4.79 Å². The van der Waals surface area contributed by atoms with E-state index in [1.54, 1.807) is 13.0 Å². The van der Waals surface area contributed by atoms with Gasteiger partial charge in [0.1, 0.15) is 0 Å². The van der Waals surface area contributed by atoms with Gasteiger partial charge in [0, 0.05) is 11.1 Å². The first kappa shape index (κ1) is 7.86. The number of hydrogen-bond acceptors (Lipinski definition) is 2. The zero-order chi connectivity index (χ0) is 9.26. The predicted molar refractivity (Wildman–Crippen MR) is 48.9 cm³/mol. The number of carbonyl (C=O) groups excluding carboxylic acids is 1. The summed E-state index contributed by atoms with van der Waals surface area (Å²) in [6.07, 6.45) is 1.80. The number of hydrogen-bond donors (Lipinski definition) is 1. The molecule has 1 aromatic carbocycles. The Morgan fingerprint density at radius 2 is 2.08 bits per heavy atom. The van der Waals surface area contributed by atoms with Crippen LogP contribution in [0.2, 0.25) is 0 Å². The van der Waals surface area contributed by atoms with Gasteiger partial charge in [0.05, 0.1) is 0 Å². The summed E-state index contributed by atoms with van der Waals surface area (Å²) in [5, 5.41) is 0. The van der Waals surface area contributed by atoms with Crippen molar-refractivity contribution in [3.8, 4) is 5.75 Å². The molecule has 0 saturated carbocycles. The first-order valence-electron chi connectivity index (χ1n) is 4.02. The highest BCUT2D eigenvalue weighted by Crippen LogP contribution is 2.22. The Labute approximate surface area is 76.0 Å². The molecule has 0 bridgehead atoms. The standard InChI is InChI=1S/C10H9NO2/c1-7-6-8-4-2-3-5-9(8)13-11-10(7)12/h2-6H,1H3,(H,11,12). The van der Waals surface area contributed by atoms with E-state index in [2.05, 4.69) is 5.48 Å². The minimum Gasteiger partial charge on any atom is -0.379 e. The summed E-state index contributed by atoms with van der Waals surface area (Å²) >= 11 is 0. The van der Waals surface area contributed by atoms with Gasteiger partial charge in [0.15, 0.2) is 5.75 Å². The van der Waals surface area contributed by atoms with Crippen molar-refractivity contribution in [2.45, 2.75) is 6.92 Å². The molecule has 0 aliphatic carbocycles. The molecule has 0 spiro atoms. The molecule has 66 valence electrons. The van der Waals surface area contributed by atoms with Crippen LogP contribution in [0.5, 0.6) is 5.75 Å². The van der Waals surface area contributed by atoms with Gasteiger partial charge in [-0.15, -0.1) is 0 Å². The number of carbonyl (C=O) groups is 1. The number of amides is 1. The van der Waals surface area contributed by atoms with Gasteiger partial charge >= 0.3 is 0 Å².